The van der Waals surface area contributed by atoms with E-state index < -0.39 is 11.9 Å². The molecule has 0 aromatic rings. The number of unbranched alkanes of at least 4 members (excludes halogenated alkanes) is 1. The van der Waals surface area contributed by atoms with E-state index >= 15 is 0 Å². The van der Waals surface area contributed by atoms with Crippen LogP contribution in [0.25, 0.3) is 0 Å². The van der Waals surface area contributed by atoms with Gasteiger partial charge >= 0.3 is 12.0 Å². The van der Waals surface area contributed by atoms with Crippen molar-refractivity contribution in [1.29, 1.82) is 0 Å². The average Bonchev–Trinajstić information content (AvgIpc) is 2.35. The van der Waals surface area contributed by atoms with Crippen molar-refractivity contribution >= 4 is 12.0 Å². The first kappa shape index (κ1) is 16.7. The SMILES string of the molecule is CCCCC(CC)CNC(=O)NCC(C)C(=O)O. The summed E-state index contributed by atoms with van der Waals surface area (Å²) in [6.45, 7) is 6.65. The van der Waals surface area contributed by atoms with Crippen LogP contribution < -0.4 is 10.6 Å². The van der Waals surface area contributed by atoms with Crippen LogP contribution in [0.15, 0.2) is 0 Å². The molecule has 0 fully saturated rings. The summed E-state index contributed by atoms with van der Waals surface area (Å²) in [4.78, 5) is 22.0. The predicted octanol–water partition coefficient (Wildman–Crippen LogP) is 2.22. The lowest BCUT2D eigenvalue weighted by molar-refractivity contribution is -0.140. The zero-order valence-corrected chi connectivity index (χ0v) is 11.7. The van der Waals surface area contributed by atoms with Gasteiger partial charge in [0.25, 0.3) is 0 Å². The van der Waals surface area contributed by atoms with Crippen LogP contribution in [0.5, 0.6) is 0 Å². The molecular weight excluding hydrogens is 232 g/mol. The molecule has 106 valence electrons. The first-order valence-corrected chi connectivity index (χ1v) is 6.75. The maximum Gasteiger partial charge on any atom is 0.314 e. The third-order valence-electron chi connectivity index (χ3n) is 3.08. The van der Waals surface area contributed by atoms with Gasteiger partial charge in [0, 0.05) is 13.1 Å². The first-order valence-electron chi connectivity index (χ1n) is 6.75. The van der Waals surface area contributed by atoms with Gasteiger partial charge in [0.2, 0.25) is 0 Å². The second-order valence-corrected chi connectivity index (χ2v) is 4.75. The zero-order chi connectivity index (χ0) is 14.0. The molecule has 2 atom stereocenters. The number of urea groups is 1. The lowest BCUT2D eigenvalue weighted by Gasteiger charge is -2.16. The summed E-state index contributed by atoms with van der Waals surface area (Å²) < 4.78 is 0. The summed E-state index contributed by atoms with van der Waals surface area (Å²) in [6, 6.07) is -0.280. The van der Waals surface area contributed by atoms with Crippen LogP contribution in [-0.4, -0.2) is 30.2 Å². The van der Waals surface area contributed by atoms with Crippen molar-refractivity contribution in [3.8, 4) is 0 Å². The van der Waals surface area contributed by atoms with E-state index in [0.29, 0.717) is 12.5 Å². The van der Waals surface area contributed by atoms with Crippen molar-refractivity contribution in [3.63, 3.8) is 0 Å². The van der Waals surface area contributed by atoms with Crippen LogP contribution in [0, 0.1) is 11.8 Å². The number of hydrogen-bond donors (Lipinski definition) is 3. The Bertz CT molecular complexity index is 257. The Morgan fingerprint density at radius 2 is 1.78 bits per heavy atom. The maximum absolute atomic E-state index is 11.4. The maximum atomic E-state index is 11.4. The average molecular weight is 258 g/mol. The van der Waals surface area contributed by atoms with E-state index in [1.807, 2.05) is 0 Å². The molecule has 2 amide bonds. The van der Waals surface area contributed by atoms with Gasteiger partial charge in [-0.05, 0) is 12.3 Å². The number of carboxylic acid groups (broad SMARTS) is 1. The van der Waals surface area contributed by atoms with E-state index in [-0.39, 0.29) is 12.6 Å². The Kier molecular flexibility index (Phi) is 9.06. The third kappa shape index (κ3) is 7.92. The van der Waals surface area contributed by atoms with Gasteiger partial charge in [-0.1, -0.05) is 40.0 Å². The Morgan fingerprint density at radius 1 is 1.17 bits per heavy atom. The molecule has 0 radical (unpaired) electrons. The van der Waals surface area contributed by atoms with Crippen LogP contribution in [0.2, 0.25) is 0 Å². The van der Waals surface area contributed by atoms with Gasteiger partial charge < -0.3 is 15.7 Å². The van der Waals surface area contributed by atoms with E-state index in [4.69, 9.17) is 5.11 Å². The summed E-state index contributed by atoms with van der Waals surface area (Å²) in [7, 11) is 0. The topological polar surface area (TPSA) is 78.4 Å². The summed E-state index contributed by atoms with van der Waals surface area (Å²) in [5.74, 6) is -0.949. The number of carbonyl (C=O) groups excluding carboxylic acids is 1. The van der Waals surface area contributed by atoms with Crippen molar-refractivity contribution in [3.05, 3.63) is 0 Å². The highest BCUT2D eigenvalue weighted by atomic mass is 16.4. The van der Waals surface area contributed by atoms with Crippen molar-refractivity contribution in [2.45, 2.75) is 46.5 Å². The fourth-order valence-electron chi connectivity index (χ4n) is 1.58. The summed E-state index contributed by atoms with van der Waals surface area (Å²) >= 11 is 0. The number of rotatable bonds is 9. The lowest BCUT2D eigenvalue weighted by atomic mass is 9.99. The predicted molar refractivity (Wildman–Crippen MR) is 71.5 cm³/mol. The summed E-state index contributed by atoms with van der Waals surface area (Å²) in [5.41, 5.74) is 0. The Balaban J connectivity index is 3.77. The Morgan fingerprint density at radius 3 is 2.28 bits per heavy atom. The largest absolute Gasteiger partial charge is 0.481 e. The van der Waals surface area contributed by atoms with Gasteiger partial charge in [0.15, 0.2) is 0 Å². The minimum Gasteiger partial charge on any atom is -0.481 e. The highest BCUT2D eigenvalue weighted by Crippen LogP contribution is 2.10. The minimum absolute atomic E-state index is 0.160. The molecule has 0 saturated heterocycles. The summed E-state index contributed by atoms with van der Waals surface area (Å²) in [5, 5.41) is 14.0. The minimum atomic E-state index is -0.898. The Hall–Kier alpha value is -1.26. The molecule has 0 rings (SSSR count). The normalized spacial score (nSPS) is 13.7. The fraction of sp³-hybridized carbons (Fsp3) is 0.846. The monoisotopic (exact) mass is 258 g/mol. The number of nitrogens with one attached hydrogen (secondary N) is 2. The van der Waals surface area contributed by atoms with E-state index in [0.717, 1.165) is 12.8 Å². The number of hydrogen-bond acceptors (Lipinski definition) is 2. The molecule has 2 unspecified atom stereocenters. The molecule has 0 aliphatic carbocycles. The molecule has 0 aromatic heterocycles. The second-order valence-electron chi connectivity index (χ2n) is 4.75. The van der Waals surface area contributed by atoms with E-state index in [2.05, 4.69) is 24.5 Å². The number of carboxylic acids is 1. The highest BCUT2D eigenvalue weighted by molar-refractivity contribution is 5.75. The van der Waals surface area contributed by atoms with Gasteiger partial charge in [-0.15, -0.1) is 0 Å². The van der Waals surface area contributed by atoms with Crippen molar-refractivity contribution in [2.75, 3.05) is 13.1 Å². The molecule has 5 heteroatoms. The zero-order valence-electron chi connectivity index (χ0n) is 11.7. The molecule has 0 aliphatic rings. The first-order chi connectivity index (χ1) is 8.51. The Labute approximate surface area is 109 Å². The molecule has 0 bridgehead atoms. The van der Waals surface area contributed by atoms with Crippen LogP contribution in [0.3, 0.4) is 0 Å². The molecule has 0 heterocycles. The number of carbonyl (C=O) groups is 2. The molecule has 0 aliphatic heterocycles. The standard InChI is InChI=1S/C13H26N2O3/c1-4-6-7-11(5-2)9-15-13(18)14-8-10(3)12(16)17/h10-11H,4-9H2,1-3H3,(H,16,17)(H2,14,15,18). The molecular formula is C13H26N2O3. The highest BCUT2D eigenvalue weighted by Gasteiger charge is 2.12. The van der Waals surface area contributed by atoms with Gasteiger partial charge in [0.1, 0.15) is 0 Å². The van der Waals surface area contributed by atoms with E-state index in [1.165, 1.54) is 12.8 Å². The third-order valence-corrected chi connectivity index (χ3v) is 3.08. The number of aliphatic carboxylic acids is 1. The molecule has 3 N–H and O–H groups in total. The molecule has 0 aromatic carbocycles. The van der Waals surface area contributed by atoms with Gasteiger partial charge in [-0.3, -0.25) is 4.79 Å². The van der Waals surface area contributed by atoms with E-state index in [9.17, 15) is 9.59 Å². The molecule has 18 heavy (non-hydrogen) atoms. The summed E-state index contributed by atoms with van der Waals surface area (Å²) in [6.07, 6.45) is 4.52. The lowest BCUT2D eigenvalue weighted by Crippen LogP contribution is -2.41. The van der Waals surface area contributed by atoms with Crippen LogP contribution >= 0.6 is 0 Å². The fourth-order valence-corrected chi connectivity index (χ4v) is 1.58. The van der Waals surface area contributed by atoms with Gasteiger partial charge in [-0.25, -0.2) is 4.79 Å². The van der Waals surface area contributed by atoms with Crippen molar-refractivity contribution in [2.24, 2.45) is 11.8 Å². The van der Waals surface area contributed by atoms with E-state index in [1.54, 1.807) is 6.92 Å². The van der Waals surface area contributed by atoms with Crippen LogP contribution in [-0.2, 0) is 4.79 Å². The van der Waals surface area contributed by atoms with Crippen LogP contribution in [0.4, 0.5) is 4.79 Å². The number of amides is 2. The van der Waals surface area contributed by atoms with Crippen molar-refractivity contribution in [1.82, 2.24) is 10.6 Å². The van der Waals surface area contributed by atoms with Gasteiger partial charge in [0.05, 0.1) is 5.92 Å². The molecule has 0 saturated carbocycles. The molecule has 0 spiro atoms. The van der Waals surface area contributed by atoms with Crippen molar-refractivity contribution < 1.29 is 14.7 Å². The van der Waals surface area contributed by atoms with Gasteiger partial charge in [-0.2, -0.15) is 0 Å². The smallest absolute Gasteiger partial charge is 0.314 e. The second kappa shape index (κ2) is 9.74. The quantitative estimate of drug-likeness (QED) is 0.593. The van der Waals surface area contributed by atoms with Crippen LogP contribution in [0.1, 0.15) is 46.5 Å². The molecule has 5 nitrogen and oxygen atoms in total.